The van der Waals surface area contributed by atoms with Crippen LogP contribution in [0.2, 0.25) is 5.02 Å². The Balaban J connectivity index is 1.82. The van der Waals surface area contributed by atoms with Crippen LogP contribution >= 0.6 is 27.5 Å². The Bertz CT molecular complexity index is 762. The van der Waals surface area contributed by atoms with Gasteiger partial charge >= 0.3 is 5.88 Å². The Hall–Kier alpha value is -2.39. The van der Waals surface area contributed by atoms with Gasteiger partial charge in [0.25, 0.3) is 5.91 Å². The number of ether oxygens (including phenoxy) is 1. The molecule has 120 valence electrons. The molecule has 0 saturated heterocycles. The number of benzene rings is 1. The highest BCUT2D eigenvalue weighted by molar-refractivity contribution is 9.10. The SMILES string of the molecule is O=C(COc1ccc(Cl)cc1Br)N/N=C\c1ccc([N+](=O)[O-])o1. The average molecular weight is 403 g/mol. The summed E-state index contributed by atoms with van der Waals surface area (Å²) >= 11 is 9.05. The molecular formula is C13H9BrClN3O5. The quantitative estimate of drug-likeness (QED) is 0.454. The summed E-state index contributed by atoms with van der Waals surface area (Å²) in [4.78, 5) is 21.3. The third-order valence-corrected chi connectivity index (χ3v) is 3.28. The molecule has 10 heteroatoms. The van der Waals surface area contributed by atoms with Crippen molar-refractivity contribution in [1.29, 1.82) is 0 Å². The topological polar surface area (TPSA) is 107 Å². The Morgan fingerprint density at radius 2 is 2.26 bits per heavy atom. The molecule has 0 aliphatic heterocycles. The zero-order chi connectivity index (χ0) is 16.8. The molecular weight excluding hydrogens is 394 g/mol. The summed E-state index contributed by atoms with van der Waals surface area (Å²) in [6.45, 7) is -0.268. The first-order valence-corrected chi connectivity index (χ1v) is 7.27. The van der Waals surface area contributed by atoms with E-state index >= 15 is 0 Å². The smallest absolute Gasteiger partial charge is 0.433 e. The van der Waals surface area contributed by atoms with Gasteiger partial charge < -0.3 is 9.15 Å². The van der Waals surface area contributed by atoms with Gasteiger partial charge in [0, 0.05) is 5.02 Å². The van der Waals surface area contributed by atoms with E-state index in [4.69, 9.17) is 20.8 Å². The molecule has 0 fully saturated rings. The van der Waals surface area contributed by atoms with Gasteiger partial charge in [0.05, 0.1) is 16.8 Å². The second-order valence-electron chi connectivity index (χ2n) is 4.09. The van der Waals surface area contributed by atoms with Gasteiger partial charge in [-0.05, 0) is 40.2 Å². The molecule has 0 unspecified atom stereocenters. The number of nitrogens with zero attached hydrogens (tertiary/aromatic N) is 2. The molecule has 2 aromatic rings. The molecule has 0 spiro atoms. The van der Waals surface area contributed by atoms with Crippen LogP contribution in [0.4, 0.5) is 5.88 Å². The summed E-state index contributed by atoms with van der Waals surface area (Å²) in [5.74, 6) is -0.327. The predicted octanol–water partition coefficient (Wildman–Crippen LogP) is 3.13. The highest BCUT2D eigenvalue weighted by atomic mass is 79.9. The van der Waals surface area contributed by atoms with Gasteiger partial charge in [0.15, 0.2) is 12.4 Å². The molecule has 8 nitrogen and oxygen atoms in total. The van der Waals surface area contributed by atoms with Crippen molar-refractivity contribution in [3.8, 4) is 5.75 Å². The van der Waals surface area contributed by atoms with Crippen LogP contribution in [0.1, 0.15) is 5.76 Å². The van der Waals surface area contributed by atoms with E-state index in [0.29, 0.717) is 15.2 Å². The lowest BCUT2D eigenvalue weighted by atomic mass is 10.3. The molecule has 0 aliphatic rings. The Labute approximate surface area is 143 Å². The minimum Gasteiger partial charge on any atom is -0.483 e. The zero-order valence-corrected chi connectivity index (χ0v) is 13.7. The number of carbonyl (C=O) groups excluding carboxylic acids is 1. The molecule has 0 aliphatic carbocycles. The second kappa shape index (κ2) is 7.75. The van der Waals surface area contributed by atoms with Crippen LogP contribution in [0.25, 0.3) is 0 Å². The Kier molecular flexibility index (Phi) is 5.72. The number of hydrazone groups is 1. The summed E-state index contributed by atoms with van der Waals surface area (Å²) < 4.78 is 10.7. The predicted molar refractivity (Wildman–Crippen MR) is 85.7 cm³/mol. The molecule has 1 aromatic carbocycles. The molecule has 0 bridgehead atoms. The summed E-state index contributed by atoms with van der Waals surface area (Å²) in [7, 11) is 0. The monoisotopic (exact) mass is 401 g/mol. The van der Waals surface area contributed by atoms with Crippen LogP contribution in [0.15, 0.2) is 44.3 Å². The van der Waals surface area contributed by atoms with Gasteiger partial charge in [0.1, 0.15) is 10.7 Å². The van der Waals surface area contributed by atoms with Crippen molar-refractivity contribution in [2.45, 2.75) is 0 Å². The molecule has 1 aromatic heterocycles. The summed E-state index contributed by atoms with van der Waals surface area (Å²) in [5, 5.41) is 14.6. The van der Waals surface area contributed by atoms with E-state index < -0.39 is 16.7 Å². The minimum absolute atomic E-state index is 0.137. The molecule has 1 N–H and O–H groups in total. The molecule has 0 atom stereocenters. The first kappa shape index (κ1) is 17.0. The van der Waals surface area contributed by atoms with Crippen LogP contribution in [-0.4, -0.2) is 23.7 Å². The van der Waals surface area contributed by atoms with Gasteiger partial charge in [-0.3, -0.25) is 14.9 Å². The normalized spacial score (nSPS) is 10.7. The fraction of sp³-hybridized carbons (Fsp3) is 0.0769. The highest BCUT2D eigenvalue weighted by Gasteiger charge is 2.10. The molecule has 23 heavy (non-hydrogen) atoms. The third kappa shape index (κ3) is 5.08. The number of hydrogen-bond acceptors (Lipinski definition) is 6. The lowest BCUT2D eigenvalue weighted by Crippen LogP contribution is -2.24. The molecule has 1 amide bonds. The number of nitro groups is 1. The van der Waals surface area contributed by atoms with Crippen molar-refractivity contribution in [3.63, 3.8) is 0 Å². The lowest BCUT2D eigenvalue weighted by molar-refractivity contribution is -0.402. The van der Waals surface area contributed by atoms with E-state index in [1.54, 1.807) is 18.2 Å². The maximum absolute atomic E-state index is 11.6. The van der Waals surface area contributed by atoms with Crippen molar-refractivity contribution in [3.05, 3.63) is 55.7 Å². The lowest BCUT2D eigenvalue weighted by Gasteiger charge is -2.07. The van der Waals surface area contributed by atoms with Gasteiger partial charge in [-0.15, -0.1) is 0 Å². The third-order valence-electron chi connectivity index (χ3n) is 2.43. The van der Waals surface area contributed by atoms with Gasteiger partial charge in [-0.2, -0.15) is 5.10 Å². The Morgan fingerprint density at radius 1 is 1.48 bits per heavy atom. The first-order chi connectivity index (χ1) is 11.0. The van der Waals surface area contributed by atoms with Crippen molar-refractivity contribution in [1.82, 2.24) is 5.43 Å². The van der Waals surface area contributed by atoms with Gasteiger partial charge in [0.2, 0.25) is 0 Å². The average Bonchev–Trinajstić information content (AvgIpc) is 2.95. The number of hydrogen-bond donors (Lipinski definition) is 1. The van der Waals surface area contributed by atoms with E-state index in [0.717, 1.165) is 6.21 Å². The van der Waals surface area contributed by atoms with Crippen molar-refractivity contribution in [2.75, 3.05) is 6.61 Å². The number of furan rings is 1. The van der Waals surface area contributed by atoms with E-state index in [2.05, 4.69) is 26.5 Å². The first-order valence-electron chi connectivity index (χ1n) is 6.09. The fourth-order valence-electron chi connectivity index (χ4n) is 1.45. The number of nitrogens with one attached hydrogen (secondary N) is 1. The van der Waals surface area contributed by atoms with E-state index in [9.17, 15) is 14.9 Å². The van der Waals surface area contributed by atoms with Gasteiger partial charge in [-0.25, -0.2) is 5.43 Å². The van der Waals surface area contributed by atoms with E-state index in [1.165, 1.54) is 12.1 Å². The Morgan fingerprint density at radius 3 is 2.91 bits per heavy atom. The maximum Gasteiger partial charge on any atom is 0.433 e. The number of amides is 1. The number of rotatable bonds is 6. The number of carbonyl (C=O) groups is 1. The molecule has 0 saturated carbocycles. The summed E-state index contributed by atoms with van der Waals surface area (Å²) in [6, 6.07) is 7.42. The van der Waals surface area contributed by atoms with Crippen LogP contribution in [0.5, 0.6) is 5.75 Å². The van der Waals surface area contributed by atoms with Crippen LogP contribution in [0, 0.1) is 10.1 Å². The largest absolute Gasteiger partial charge is 0.483 e. The molecule has 1 heterocycles. The molecule has 2 rings (SSSR count). The van der Waals surface area contributed by atoms with Gasteiger partial charge in [-0.1, -0.05) is 11.6 Å². The fourth-order valence-corrected chi connectivity index (χ4v) is 2.24. The van der Waals surface area contributed by atoms with Crippen LogP contribution < -0.4 is 10.2 Å². The number of halogens is 2. The van der Waals surface area contributed by atoms with Crippen LogP contribution in [-0.2, 0) is 4.79 Å². The maximum atomic E-state index is 11.6. The summed E-state index contributed by atoms with van der Waals surface area (Å²) in [6.07, 6.45) is 1.14. The van der Waals surface area contributed by atoms with Crippen molar-refractivity contribution in [2.24, 2.45) is 5.10 Å². The second-order valence-corrected chi connectivity index (χ2v) is 5.38. The van der Waals surface area contributed by atoms with Crippen molar-refractivity contribution < 1.29 is 18.9 Å². The molecule has 0 radical (unpaired) electrons. The highest BCUT2D eigenvalue weighted by Crippen LogP contribution is 2.27. The van der Waals surface area contributed by atoms with E-state index in [1.807, 2.05) is 0 Å². The minimum atomic E-state index is -0.673. The zero-order valence-electron chi connectivity index (χ0n) is 11.4. The van der Waals surface area contributed by atoms with Crippen LogP contribution in [0.3, 0.4) is 0 Å². The standard InChI is InChI=1S/C13H9BrClN3O5/c14-10-5-8(15)1-3-11(10)22-7-12(19)17-16-6-9-2-4-13(23-9)18(20)21/h1-6H,7H2,(H,17,19)/b16-6-. The van der Waals surface area contributed by atoms with E-state index in [-0.39, 0.29) is 12.4 Å². The van der Waals surface area contributed by atoms with Crippen molar-refractivity contribution >= 4 is 45.5 Å². The summed E-state index contributed by atoms with van der Waals surface area (Å²) in [5.41, 5.74) is 2.21.